The molecule has 0 spiro atoms. The molecule has 0 saturated carbocycles. The number of rotatable bonds is 10. The maximum Gasteiger partial charge on any atom is 0.310 e. The molecule has 0 aliphatic carbocycles. The number of nitrogens with zero attached hydrogens (tertiary/aromatic N) is 2. The van der Waals surface area contributed by atoms with Crippen molar-refractivity contribution >= 4 is 23.7 Å². The molecule has 4 rings (SSSR count). The SMILES string of the molecule is CC(C)CC1(C(CCN2C(=O)c3cc(F)c(F)cc3C2=O)C(=O)OC(C)(C)C)CCN(CCc2ccccc2)C1=O. The van der Waals surface area contributed by atoms with Crippen LogP contribution in [0.25, 0.3) is 0 Å². The number of likely N-dealkylation sites (tertiary alicyclic amines) is 1. The monoisotopic (exact) mass is 568 g/mol. The van der Waals surface area contributed by atoms with Gasteiger partial charge in [-0.3, -0.25) is 24.1 Å². The topological polar surface area (TPSA) is 84.0 Å². The summed E-state index contributed by atoms with van der Waals surface area (Å²) in [5.41, 5.74) is -1.24. The predicted octanol–water partition coefficient (Wildman–Crippen LogP) is 5.42. The highest BCUT2D eigenvalue weighted by Crippen LogP contribution is 2.47. The lowest BCUT2D eigenvalue weighted by Gasteiger charge is -2.38. The van der Waals surface area contributed by atoms with Gasteiger partial charge in [0.1, 0.15) is 5.60 Å². The number of esters is 1. The molecule has 0 radical (unpaired) electrons. The molecule has 220 valence electrons. The van der Waals surface area contributed by atoms with Crippen LogP contribution in [0.1, 0.15) is 80.2 Å². The molecule has 0 bridgehead atoms. The Morgan fingerprint density at radius 3 is 2.10 bits per heavy atom. The molecule has 2 aromatic carbocycles. The van der Waals surface area contributed by atoms with Crippen LogP contribution in [0.3, 0.4) is 0 Å². The summed E-state index contributed by atoms with van der Waals surface area (Å²) >= 11 is 0. The van der Waals surface area contributed by atoms with Crippen molar-refractivity contribution in [3.8, 4) is 0 Å². The van der Waals surface area contributed by atoms with Gasteiger partial charge in [-0.25, -0.2) is 8.78 Å². The number of imide groups is 1. The molecule has 1 fully saturated rings. The van der Waals surface area contributed by atoms with Gasteiger partial charge in [0.2, 0.25) is 5.91 Å². The fraction of sp³-hybridized carbons (Fsp3) is 0.500. The Labute approximate surface area is 239 Å². The van der Waals surface area contributed by atoms with Gasteiger partial charge in [0.05, 0.1) is 22.5 Å². The van der Waals surface area contributed by atoms with E-state index in [0.29, 0.717) is 32.4 Å². The van der Waals surface area contributed by atoms with Gasteiger partial charge in [0.25, 0.3) is 11.8 Å². The van der Waals surface area contributed by atoms with Crippen molar-refractivity contribution in [1.82, 2.24) is 9.80 Å². The van der Waals surface area contributed by atoms with Crippen LogP contribution in [0.2, 0.25) is 0 Å². The smallest absolute Gasteiger partial charge is 0.310 e. The minimum absolute atomic E-state index is 0.0175. The zero-order chi connectivity index (χ0) is 30.1. The van der Waals surface area contributed by atoms with E-state index in [4.69, 9.17) is 4.74 Å². The lowest BCUT2D eigenvalue weighted by molar-refractivity contribution is -0.169. The number of halogens is 2. The fourth-order valence-electron chi connectivity index (χ4n) is 6.10. The van der Waals surface area contributed by atoms with Crippen molar-refractivity contribution in [2.45, 2.75) is 65.9 Å². The highest BCUT2D eigenvalue weighted by atomic mass is 19.2. The van der Waals surface area contributed by atoms with Gasteiger partial charge in [-0.1, -0.05) is 44.2 Å². The second kappa shape index (κ2) is 11.7. The van der Waals surface area contributed by atoms with Gasteiger partial charge in [-0.2, -0.15) is 0 Å². The van der Waals surface area contributed by atoms with Crippen LogP contribution in [-0.2, 0) is 20.7 Å². The van der Waals surface area contributed by atoms with Crippen molar-refractivity contribution in [2.24, 2.45) is 17.3 Å². The van der Waals surface area contributed by atoms with Crippen LogP contribution in [0.5, 0.6) is 0 Å². The Morgan fingerprint density at radius 2 is 1.56 bits per heavy atom. The number of carbonyl (C=O) groups excluding carboxylic acids is 4. The van der Waals surface area contributed by atoms with Crippen molar-refractivity contribution in [2.75, 3.05) is 19.6 Å². The van der Waals surface area contributed by atoms with Gasteiger partial charge in [-0.15, -0.1) is 0 Å². The Balaban J connectivity index is 1.62. The molecule has 2 unspecified atom stereocenters. The molecule has 2 heterocycles. The van der Waals surface area contributed by atoms with Gasteiger partial charge < -0.3 is 9.64 Å². The summed E-state index contributed by atoms with van der Waals surface area (Å²) in [6.45, 7) is 9.98. The summed E-state index contributed by atoms with van der Waals surface area (Å²) in [5, 5.41) is 0. The Bertz CT molecular complexity index is 1300. The molecule has 7 nitrogen and oxygen atoms in total. The molecule has 2 aliphatic rings. The van der Waals surface area contributed by atoms with Crippen LogP contribution in [0.15, 0.2) is 42.5 Å². The van der Waals surface area contributed by atoms with E-state index in [1.165, 1.54) is 0 Å². The standard InChI is InChI=1S/C32H38F2N2O5/c1-20(2)19-32(13-16-35(30(32)40)14-11-21-9-7-6-8-10-21)24(29(39)41-31(3,4)5)12-15-36-27(37)22-17-25(33)26(34)18-23(22)28(36)38/h6-10,17-18,20,24H,11-16,19H2,1-5H3. The number of hydrogen-bond donors (Lipinski definition) is 0. The predicted molar refractivity (Wildman–Crippen MR) is 149 cm³/mol. The summed E-state index contributed by atoms with van der Waals surface area (Å²) in [7, 11) is 0. The van der Waals surface area contributed by atoms with Crippen LogP contribution in [0.4, 0.5) is 8.78 Å². The third kappa shape index (κ3) is 6.34. The Morgan fingerprint density at radius 1 is 0.976 bits per heavy atom. The molecule has 2 aliphatic heterocycles. The first-order chi connectivity index (χ1) is 19.2. The molecular weight excluding hydrogens is 530 g/mol. The van der Waals surface area contributed by atoms with Crippen molar-refractivity contribution in [3.05, 3.63) is 70.8 Å². The molecule has 9 heteroatoms. The van der Waals surface area contributed by atoms with E-state index in [2.05, 4.69) is 0 Å². The number of carbonyl (C=O) groups is 4. The number of fused-ring (bicyclic) bond motifs is 1. The van der Waals surface area contributed by atoms with E-state index in [9.17, 15) is 28.0 Å². The number of hydrogen-bond acceptors (Lipinski definition) is 5. The van der Waals surface area contributed by atoms with Crippen molar-refractivity contribution < 1.29 is 32.7 Å². The first-order valence-corrected chi connectivity index (χ1v) is 14.1. The van der Waals surface area contributed by atoms with E-state index in [1.807, 2.05) is 44.2 Å². The van der Waals surface area contributed by atoms with Crippen molar-refractivity contribution in [1.29, 1.82) is 0 Å². The normalized spacial score (nSPS) is 19.8. The zero-order valence-electron chi connectivity index (χ0n) is 24.3. The summed E-state index contributed by atoms with van der Waals surface area (Å²) in [4.78, 5) is 56.7. The van der Waals surface area contributed by atoms with Gasteiger partial charge in [0.15, 0.2) is 11.6 Å². The second-order valence-electron chi connectivity index (χ2n) is 12.5. The minimum atomic E-state index is -1.22. The lowest BCUT2D eigenvalue weighted by atomic mass is 9.67. The molecule has 0 N–H and O–H groups in total. The Hall–Kier alpha value is -3.62. The van der Waals surface area contributed by atoms with E-state index < -0.39 is 46.4 Å². The van der Waals surface area contributed by atoms with E-state index in [1.54, 1.807) is 25.7 Å². The summed E-state index contributed by atoms with van der Waals surface area (Å²) in [6.07, 6.45) is 1.51. The van der Waals surface area contributed by atoms with Crippen molar-refractivity contribution in [3.63, 3.8) is 0 Å². The second-order valence-corrected chi connectivity index (χ2v) is 12.5. The maximum atomic E-state index is 14.2. The minimum Gasteiger partial charge on any atom is -0.460 e. The van der Waals surface area contributed by atoms with Gasteiger partial charge >= 0.3 is 5.97 Å². The highest BCUT2D eigenvalue weighted by Gasteiger charge is 2.55. The molecular formula is C32H38F2N2O5. The maximum absolute atomic E-state index is 14.2. The number of benzene rings is 2. The third-order valence-electron chi connectivity index (χ3n) is 7.84. The lowest BCUT2D eigenvalue weighted by Crippen LogP contribution is -2.47. The summed E-state index contributed by atoms with van der Waals surface area (Å²) in [6, 6.07) is 11.3. The van der Waals surface area contributed by atoms with Gasteiger partial charge in [0, 0.05) is 19.6 Å². The van der Waals surface area contributed by atoms with E-state index in [0.717, 1.165) is 22.6 Å². The summed E-state index contributed by atoms with van der Waals surface area (Å²) < 4.78 is 33.5. The van der Waals surface area contributed by atoms with Crippen LogP contribution in [0, 0.1) is 28.9 Å². The van der Waals surface area contributed by atoms with Crippen LogP contribution < -0.4 is 0 Å². The average molecular weight is 569 g/mol. The highest BCUT2D eigenvalue weighted by molar-refractivity contribution is 6.21. The molecule has 2 atom stereocenters. The first kappa shape index (κ1) is 30.3. The number of ether oxygens (including phenoxy) is 1. The molecule has 2 aromatic rings. The molecule has 1 saturated heterocycles. The Kier molecular flexibility index (Phi) is 8.66. The van der Waals surface area contributed by atoms with E-state index >= 15 is 0 Å². The fourth-order valence-corrected chi connectivity index (χ4v) is 6.10. The quantitative estimate of drug-likeness (QED) is 0.283. The average Bonchev–Trinajstić information content (AvgIpc) is 3.31. The molecule has 0 aromatic heterocycles. The molecule has 41 heavy (non-hydrogen) atoms. The number of amides is 3. The largest absolute Gasteiger partial charge is 0.460 e. The summed E-state index contributed by atoms with van der Waals surface area (Å²) in [5.74, 6) is -5.52. The van der Waals surface area contributed by atoms with Crippen LogP contribution in [-0.4, -0.2) is 58.7 Å². The van der Waals surface area contributed by atoms with Crippen LogP contribution >= 0.6 is 0 Å². The first-order valence-electron chi connectivity index (χ1n) is 14.1. The zero-order valence-corrected chi connectivity index (χ0v) is 24.3. The molecule has 3 amide bonds. The van der Waals surface area contributed by atoms with E-state index in [-0.39, 0.29) is 35.9 Å². The third-order valence-corrected chi connectivity index (χ3v) is 7.84. The van der Waals surface area contributed by atoms with Gasteiger partial charge in [-0.05, 0) is 70.1 Å².